The lowest BCUT2D eigenvalue weighted by Gasteiger charge is -2.37. The number of hydrogen-bond acceptors (Lipinski definition) is 3. The maximum Gasteiger partial charge on any atom is 0.289 e. The van der Waals surface area contributed by atoms with Crippen LogP contribution in [0.25, 0.3) is 0 Å². The Morgan fingerprint density at radius 1 is 1.42 bits per heavy atom. The fourth-order valence-corrected chi connectivity index (χ4v) is 3.02. The van der Waals surface area contributed by atoms with E-state index in [0.717, 1.165) is 24.9 Å². The Balaban J connectivity index is 1.66. The second-order valence-corrected chi connectivity index (χ2v) is 5.68. The quantitative estimate of drug-likeness (QED) is 0.830. The maximum atomic E-state index is 12.3. The number of nitrogens with zero attached hydrogens (tertiary/aromatic N) is 1. The lowest BCUT2D eigenvalue weighted by atomic mass is 9.77. The van der Waals surface area contributed by atoms with Crippen molar-refractivity contribution in [1.82, 2.24) is 10.2 Å². The maximum absolute atomic E-state index is 12.3. The highest BCUT2D eigenvalue weighted by Crippen LogP contribution is 2.37. The molecule has 2 aliphatic rings. The van der Waals surface area contributed by atoms with Gasteiger partial charge < -0.3 is 14.6 Å². The molecule has 3 rings (SSSR count). The molecule has 0 unspecified atom stereocenters. The van der Waals surface area contributed by atoms with Gasteiger partial charge >= 0.3 is 0 Å². The van der Waals surface area contributed by atoms with E-state index in [2.05, 4.69) is 5.32 Å². The molecule has 1 N–H and O–H groups in total. The number of furan rings is 1. The Morgan fingerprint density at radius 3 is 2.68 bits per heavy atom. The number of likely N-dealkylation sites (tertiary alicyclic amines) is 1. The molecule has 1 aromatic heterocycles. The number of carbonyl (C=O) groups is 2. The molecule has 1 aromatic rings. The van der Waals surface area contributed by atoms with Gasteiger partial charge in [0.05, 0.1) is 6.26 Å². The van der Waals surface area contributed by atoms with E-state index in [9.17, 15) is 9.59 Å². The Morgan fingerprint density at radius 2 is 2.16 bits per heavy atom. The minimum absolute atomic E-state index is 0.0327. The van der Waals surface area contributed by atoms with Gasteiger partial charge in [-0.05, 0) is 31.2 Å². The summed E-state index contributed by atoms with van der Waals surface area (Å²) in [5.74, 6) is 0.549. The molecule has 19 heavy (non-hydrogen) atoms. The number of nitrogens with one attached hydrogen (secondary N) is 1. The first-order valence-corrected chi connectivity index (χ1v) is 6.70. The highest BCUT2D eigenvalue weighted by atomic mass is 16.3. The van der Waals surface area contributed by atoms with Crippen LogP contribution in [0, 0.1) is 12.3 Å². The van der Waals surface area contributed by atoms with Crippen LogP contribution in [-0.2, 0) is 4.79 Å². The number of carbonyl (C=O) groups excluding carboxylic acids is 2. The van der Waals surface area contributed by atoms with Crippen molar-refractivity contribution in [2.45, 2.75) is 26.2 Å². The van der Waals surface area contributed by atoms with Gasteiger partial charge in [0.2, 0.25) is 5.91 Å². The number of piperidine rings is 1. The van der Waals surface area contributed by atoms with Gasteiger partial charge in [-0.2, -0.15) is 0 Å². The molecule has 5 nitrogen and oxygen atoms in total. The summed E-state index contributed by atoms with van der Waals surface area (Å²) in [5.41, 5.74) is 0.953. The highest BCUT2D eigenvalue weighted by molar-refractivity contribution is 5.93. The first kappa shape index (κ1) is 12.3. The lowest BCUT2D eigenvalue weighted by molar-refractivity contribution is -0.119. The highest BCUT2D eigenvalue weighted by Gasteiger charge is 2.42. The van der Waals surface area contributed by atoms with E-state index in [1.165, 1.54) is 0 Å². The van der Waals surface area contributed by atoms with Crippen LogP contribution in [-0.4, -0.2) is 36.3 Å². The lowest BCUT2D eigenvalue weighted by Crippen LogP contribution is -2.44. The number of rotatable bonds is 1. The second-order valence-electron chi connectivity index (χ2n) is 5.68. The van der Waals surface area contributed by atoms with Crippen molar-refractivity contribution >= 4 is 11.8 Å². The fraction of sp³-hybridized carbons (Fsp3) is 0.571. The monoisotopic (exact) mass is 262 g/mol. The molecule has 0 radical (unpaired) electrons. The van der Waals surface area contributed by atoms with E-state index in [1.807, 2.05) is 11.8 Å². The van der Waals surface area contributed by atoms with Gasteiger partial charge in [0.25, 0.3) is 5.91 Å². The molecule has 0 atom stereocenters. The van der Waals surface area contributed by atoms with Gasteiger partial charge in [0.15, 0.2) is 5.76 Å². The van der Waals surface area contributed by atoms with Gasteiger partial charge in [0.1, 0.15) is 0 Å². The molecule has 0 aromatic carbocycles. The summed E-state index contributed by atoms with van der Waals surface area (Å²) < 4.78 is 5.26. The average molecular weight is 262 g/mol. The molecule has 5 heteroatoms. The van der Waals surface area contributed by atoms with E-state index >= 15 is 0 Å². The van der Waals surface area contributed by atoms with E-state index < -0.39 is 0 Å². The summed E-state index contributed by atoms with van der Waals surface area (Å²) in [5, 5.41) is 2.90. The second kappa shape index (κ2) is 4.40. The van der Waals surface area contributed by atoms with Crippen LogP contribution in [0.4, 0.5) is 0 Å². The van der Waals surface area contributed by atoms with Gasteiger partial charge in [-0.1, -0.05) is 0 Å². The predicted molar refractivity (Wildman–Crippen MR) is 68.6 cm³/mol. The standard InChI is InChI=1S/C14H18N2O3/c1-10-2-7-19-12(10)13(18)16-5-3-14(4-6-16)8-11(17)15-9-14/h2,7H,3-6,8-9H2,1H3,(H,15,17). The smallest absolute Gasteiger partial charge is 0.289 e. The van der Waals surface area contributed by atoms with Crippen LogP contribution >= 0.6 is 0 Å². The Hall–Kier alpha value is -1.78. The van der Waals surface area contributed by atoms with Crippen molar-refractivity contribution < 1.29 is 14.0 Å². The SMILES string of the molecule is Cc1ccoc1C(=O)N1CCC2(CC1)CNC(=O)C2. The molecule has 1 spiro atoms. The summed E-state index contributed by atoms with van der Waals surface area (Å²) in [6, 6.07) is 1.80. The Labute approximate surface area is 111 Å². The molecule has 2 fully saturated rings. The van der Waals surface area contributed by atoms with Crippen molar-refractivity contribution in [2.24, 2.45) is 5.41 Å². The molecule has 0 bridgehead atoms. The molecule has 2 aliphatic heterocycles. The third kappa shape index (κ3) is 2.13. The summed E-state index contributed by atoms with van der Waals surface area (Å²) in [4.78, 5) is 25.5. The van der Waals surface area contributed by atoms with Crippen LogP contribution in [0.5, 0.6) is 0 Å². The van der Waals surface area contributed by atoms with E-state index in [4.69, 9.17) is 4.42 Å². The zero-order chi connectivity index (χ0) is 13.5. The van der Waals surface area contributed by atoms with Crippen LogP contribution in [0.3, 0.4) is 0 Å². The molecular formula is C14H18N2O3. The molecule has 2 saturated heterocycles. The normalized spacial score (nSPS) is 21.7. The predicted octanol–water partition coefficient (Wildman–Crippen LogP) is 1.33. The fourth-order valence-electron chi connectivity index (χ4n) is 3.02. The van der Waals surface area contributed by atoms with Gasteiger partial charge in [-0.15, -0.1) is 0 Å². The van der Waals surface area contributed by atoms with Crippen LogP contribution in [0.15, 0.2) is 16.7 Å². The zero-order valence-electron chi connectivity index (χ0n) is 11.1. The number of amides is 2. The Kier molecular flexibility index (Phi) is 2.84. The van der Waals surface area contributed by atoms with Crippen molar-refractivity contribution in [3.05, 3.63) is 23.7 Å². The molecule has 2 amide bonds. The third-order valence-electron chi connectivity index (χ3n) is 4.36. The van der Waals surface area contributed by atoms with Crippen LogP contribution in [0.2, 0.25) is 0 Å². The zero-order valence-corrected chi connectivity index (χ0v) is 11.1. The summed E-state index contributed by atoms with van der Waals surface area (Å²) >= 11 is 0. The first-order chi connectivity index (χ1) is 9.10. The van der Waals surface area contributed by atoms with Gasteiger partial charge in [0, 0.05) is 31.6 Å². The molecule has 102 valence electrons. The minimum atomic E-state index is -0.0327. The first-order valence-electron chi connectivity index (χ1n) is 6.70. The van der Waals surface area contributed by atoms with Crippen molar-refractivity contribution in [3.63, 3.8) is 0 Å². The molecule has 3 heterocycles. The summed E-state index contributed by atoms with van der Waals surface area (Å²) in [6.45, 7) is 4.04. The molecular weight excluding hydrogens is 244 g/mol. The van der Waals surface area contributed by atoms with Gasteiger partial charge in [-0.3, -0.25) is 9.59 Å². The number of hydrogen-bond donors (Lipinski definition) is 1. The third-order valence-corrected chi connectivity index (χ3v) is 4.36. The largest absolute Gasteiger partial charge is 0.459 e. The number of aryl methyl sites for hydroxylation is 1. The summed E-state index contributed by atoms with van der Waals surface area (Å²) in [6.07, 6.45) is 3.93. The van der Waals surface area contributed by atoms with E-state index in [0.29, 0.717) is 25.3 Å². The van der Waals surface area contributed by atoms with Gasteiger partial charge in [-0.25, -0.2) is 0 Å². The minimum Gasteiger partial charge on any atom is -0.459 e. The summed E-state index contributed by atoms with van der Waals surface area (Å²) in [7, 11) is 0. The van der Waals surface area contributed by atoms with Crippen LogP contribution in [0.1, 0.15) is 35.4 Å². The van der Waals surface area contributed by atoms with Crippen molar-refractivity contribution in [3.8, 4) is 0 Å². The average Bonchev–Trinajstić information content (AvgIpc) is 2.97. The van der Waals surface area contributed by atoms with Crippen LogP contribution < -0.4 is 5.32 Å². The topological polar surface area (TPSA) is 62.6 Å². The van der Waals surface area contributed by atoms with E-state index in [-0.39, 0.29) is 17.2 Å². The Bertz CT molecular complexity index is 513. The molecule has 0 saturated carbocycles. The molecule has 0 aliphatic carbocycles. The van der Waals surface area contributed by atoms with Crippen molar-refractivity contribution in [2.75, 3.05) is 19.6 Å². The van der Waals surface area contributed by atoms with Crippen molar-refractivity contribution in [1.29, 1.82) is 0 Å². The van der Waals surface area contributed by atoms with E-state index in [1.54, 1.807) is 12.3 Å².